The maximum Gasteiger partial charge on any atom is 0.352 e. The molecule has 0 saturated carbocycles. The highest BCUT2D eigenvalue weighted by Gasteiger charge is 2.55. The van der Waals surface area contributed by atoms with Crippen LogP contribution in [-0.4, -0.2) is 37.5 Å². The largest absolute Gasteiger partial charge is 0.352 e. The monoisotopic (exact) mass is 545 g/mol. The Morgan fingerprint density at radius 1 is 0.902 bits per heavy atom. The van der Waals surface area contributed by atoms with Crippen LogP contribution in [0.1, 0.15) is 64.8 Å². The second-order valence-corrected chi connectivity index (χ2v) is 11.6. The van der Waals surface area contributed by atoms with Gasteiger partial charge in [-0.15, -0.1) is 0 Å². The summed E-state index contributed by atoms with van der Waals surface area (Å²) in [5.74, 6) is 0.0113. The van der Waals surface area contributed by atoms with Crippen molar-refractivity contribution in [2.24, 2.45) is 5.73 Å². The van der Waals surface area contributed by atoms with Crippen molar-refractivity contribution in [3.05, 3.63) is 130 Å². The molecular weight excluding hydrogens is 512 g/mol. The molecule has 2 aliphatic rings. The van der Waals surface area contributed by atoms with Crippen LogP contribution in [-0.2, 0) is 35.4 Å². The van der Waals surface area contributed by atoms with E-state index in [1.807, 2.05) is 78.9 Å². The highest BCUT2D eigenvalue weighted by Crippen LogP contribution is 2.33. The Morgan fingerprint density at radius 3 is 2.00 bits per heavy atom. The van der Waals surface area contributed by atoms with Crippen molar-refractivity contribution in [2.45, 2.75) is 51.4 Å². The maximum absolute atomic E-state index is 14.3. The number of hydrogen-bond donors (Lipinski definition) is 2. The van der Waals surface area contributed by atoms with E-state index >= 15 is 0 Å². The van der Waals surface area contributed by atoms with Gasteiger partial charge in [0.05, 0.1) is 24.5 Å². The summed E-state index contributed by atoms with van der Waals surface area (Å²) < 4.78 is 0. The van der Waals surface area contributed by atoms with Gasteiger partial charge in [0.1, 0.15) is 6.54 Å². The highest BCUT2D eigenvalue weighted by molar-refractivity contribution is 6.04. The molecule has 3 N–H and O–H groups in total. The molecule has 6 rings (SSSR count). The fourth-order valence-corrected chi connectivity index (χ4v) is 5.81. The number of carbonyl (C=O) groups is 2. The predicted molar refractivity (Wildman–Crippen MR) is 155 cm³/mol. The summed E-state index contributed by atoms with van der Waals surface area (Å²) >= 11 is 0. The minimum atomic E-state index is -1.15. The molecule has 0 fully saturated rings. The average molecular weight is 546 g/mol. The van der Waals surface area contributed by atoms with E-state index in [1.54, 1.807) is 22.2 Å². The summed E-state index contributed by atoms with van der Waals surface area (Å²) in [6, 6.07) is 25.1. The minimum absolute atomic E-state index is 0.0812. The second-order valence-electron chi connectivity index (χ2n) is 11.6. The van der Waals surface area contributed by atoms with E-state index in [-0.39, 0.29) is 29.7 Å². The zero-order valence-corrected chi connectivity index (χ0v) is 23.5. The van der Waals surface area contributed by atoms with Crippen molar-refractivity contribution >= 4 is 17.8 Å². The molecule has 206 valence electrons. The third-order valence-electron chi connectivity index (χ3n) is 7.88. The molecule has 2 aliphatic heterocycles. The van der Waals surface area contributed by atoms with Crippen LogP contribution in [0.4, 0.5) is 0 Å². The lowest BCUT2D eigenvalue weighted by molar-refractivity contribution is -0.525. The van der Waals surface area contributed by atoms with Crippen molar-refractivity contribution in [3.63, 3.8) is 0 Å². The van der Waals surface area contributed by atoms with Crippen molar-refractivity contribution in [1.82, 2.24) is 19.8 Å². The molecule has 3 aromatic carbocycles. The first-order valence-electron chi connectivity index (χ1n) is 13.7. The summed E-state index contributed by atoms with van der Waals surface area (Å²) in [7, 11) is 0. The number of amides is 2. The van der Waals surface area contributed by atoms with E-state index in [2.05, 4.69) is 35.7 Å². The first-order chi connectivity index (χ1) is 19.7. The van der Waals surface area contributed by atoms with Gasteiger partial charge in [0.2, 0.25) is 5.54 Å². The molecule has 0 atom stereocenters. The SMILES string of the molecule is CC(C)(C)c1ccc(CN2C(=O)C(c3ccccc3)(c3ccccc3)[NH+]=C2N)cc1C(=O)N1Cc2nccnc2C1. The van der Waals surface area contributed by atoms with Crippen LogP contribution in [0.3, 0.4) is 0 Å². The fraction of sp³-hybridized carbons (Fsp3) is 0.242. The van der Waals surface area contributed by atoms with Gasteiger partial charge in [-0.2, -0.15) is 4.90 Å². The molecule has 0 bridgehead atoms. The van der Waals surface area contributed by atoms with Crippen LogP contribution in [0.5, 0.6) is 0 Å². The van der Waals surface area contributed by atoms with E-state index < -0.39 is 5.54 Å². The van der Waals surface area contributed by atoms with Crippen LogP contribution in [0.2, 0.25) is 0 Å². The number of hydrogen-bond acceptors (Lipinski definition) is 5. The molecule has 0 spiro atoms. The lowest BCUT2D eigenvalue weighted by Gasteiger charge is -2.26. The number of nitrogens with zero attached hydrogens (tertiary/aromatic N) is 4. The summed E-state index contributed by atoms with van der Waals surface area (Å²) in [6.45, 7) is 7.33. The van der Waals surface area contributed by atoms with Gasteiger partial charge in [-0.05, 0) is 22.6 Å². The standard InChI is InChI=1S/C33H32N6O2/c1-32(2,3)26-15-14-22(18-25(26)29(40)38-20-27-28(21-38)36-17-16-35-27)19-39-30(41)33(37-31(39)34,23-10-6-4-7-11-23)24-12-8-5-9-13-24/h4-18H,19-21H2,1-3H3,(H2,34,37)/p+1. The molecule has 8 heteroatoms. The highest BCUT2D eigenvalue weighted by atomic mass is 16.2. The number of nitrogens with one attached hydrogen (secondary N) is 1. The van der Waals surface area contributed by atoms with Crippen LogP contribution in [0.15, 0.2) is 91.3 Å². The predicted octanol–water partition coefficient (Wildman–Crippen LogP) is 2.61. The molecule has 0 saturated heterocycles. The Balaban J connectivity index is 1.35. The zero-order valence-electron chi connectivity index (χ0n) is 23.5. The number of nitrogens with two attached hydrogens (primary N) is 1. The molecule has 3 heterocycles. The first kappa shape index (κ1) is 26.4. The Bertz CT molecular complexity index is 1600. The molecule has 0 aliphatic carbocycles. The summed E-state index contributed by atoms with van der Waals surface area (Å²) in [5, 5.41) is 0. The van der Waals surface area contributed by atoms with Crippen molar-refractivity contribution in [3.8, 4) is 0 Å². The molecule has 41 heavy (non-hydrogen) atoms. The van der Waals surface area contributed by atoms with Crippen molar-refractivity contribution < 1.29 is 14.6 Å². The maximum atomic E-state index is 14.3. The lowest BCUT2D eigenvalue weighted by atomic mass is 9.82. The molecule has 0 unspecified atom stereocenters. The van der Waals surface area contributed by atoms with Gasteiger partial charge in [0.15, 0.2) is 0 Å². The second kappa shape index (κ2) is 9.96. The number of aromatic nitrogens is 2. The lowest BCUT2D eigenvalue weighted by Crippen LogP contribution is -2.85. The molecule has 2 amide bonds. The molecule has 8 nitrogen and oxygen atoms in total. The van der Waals surface area contributed by atoms with Gasteiger partial charge in [0, 0.05) is 29.1 Å². The first-order valence-corrected chi connectivity index (χ1v) is 13.7. The number of rotatable bonds is 5. The topological polar surface area (TPSA) is 106 Å². The number of guanidine groups is 1. The van der Waals surface area contributed by atoms with Crippen LogP contribution >= 0.6 is 0 Å². The quantitative estimate of drug-likeness (QED) is 0.401. The summed E-state index contributed by atoms with van der Waals surface area (Å²) in [4.78, 5) is 43.7. The fourth-order valence-electron chi connectivity index (χ4n) is 5.81. The van der Waals surface area contributed by atoms with Crippen LogP contribution < -0.4 is 10.7 Å². The average Bonchev–Trinajstić information content (AvgIpc) is 3.52. The van der Waals surface area contributed by atoms with Gasteiger partial charge in [-0.3, -0.25) is 30.3 Å². The Hall–Kier alpha value is -4.85. The van der Waals surface area contributed by atoms with Crippen LogP contribution in [0, 0.1) is 0 Å². The molecule has 4 aromatic rings. The zero-order chi connectivity index (χ0) is 28.8. The Kier molecular flexibility index (Phi) is 6.41. The minimum Gasteiger partial charge on any atom is -0.327 e. The van der Waals surface area contributed by atoms with Crippen molar-refractivity contribution in [2.75, 3.05) is 0 Å². The summed E-state index contributed by atoms with van der Waals surface area (Å²) in [5.41, 5.74) is 10.7. The number of carbonyl (C=O) groups excluding carboxylic acids is 2. The van der Waals surface area contributed by atoms with Crippen LogP contribution in [0.25, 0.3) is 0 Å². The molecule has 0 radical (unpaired) electrons. The Morgan fingerprint density at radius 2 is 1.46 bits per heavy atom. The van der Waals surface area contributed by atoms with Gasteiger partial charge in [-0.25, -0.2) is 0 Å². The normalized spacial score (nSPS) is 16.1. The third-order valence-corrected chi connectivity index (χ3v) is 7.88. The van der Waals surface area contributed by atoms with Gasteiger partial charge < -0.3 is 4.90 Å². The Labute approximate surface area is 239 Å². The van der Waals surface area contributed by atoms with Gasteiger partial charge in [-0.1, -0.05) is 93.6 Å². The van der Waals surface area contributed by atoms with E-state index in [9.17, 15) is 9.59 Å². The molecular formula is C33H33N6O2+. The van der Waals surface area contributed by atoms with Gasteiger partial charge >= 0.3 is 11.9 Å². The van der Waals surface area contributed by atoms with Crippen molar-refractivity contribution in [1.29, 1.82) is 0 Å². The smallest absolute Gasteiger partial charge is 0.327 e. The van der Waals surface area contributed by atoms with Gasteiger partial charge in [0.25, 0.3) is 5.91 Å². The van der Waals surface area contributed by atoms with E-state index in [0.717, 1.165) is 33.6 Å². The van der Waals surface area contributed by atoms with E-state index in [1.165, 1.54) is 0 Å². The number of fused-ring (bicyclic) bond motifs is 1. The van der Waals surface area contributed by atoms with E-state index in [0.29, 0.717) is 18.7 Å². The summed E-state index contributed by atoms with van der Waals surface area (Å²) in [6.07, 6.45) is 3.31. The number of benzene rings is 3. The third kappa shape index (κ3) is 4.55. The molecule has 1 aromatic heterocycles. The van der Waals surface area contributed by atoms with E-state index in [4.69, 9.17) is 5.73 Å².